The van der Waals surface area contributed by atoms with E-state index in [-0.39, 0.29) is 12.2 Å². The van der Waals surface area contributed by atoms with Crippen LogP contribution in [-0.2, 0) is 0 Å². The summed E-state index contributed by atoms with van der Waals surface area (Å²) in [4.78, 5) is 15.7. The summed E-state index contributed by atoms with van der Waals surface area (Å²) in [5, 5.41) is 2.25. The standard InChI is InChI=1S/C13H14F3N3O/c1-9(8-13(14,15)16)19-12(20)11-10(4-2-6-17)5-3-7-18-11/h3,5,7,9H,6,8,17H2,1H3,(H,19,20). The maximum Gasteiger partial charge on any atom is 0.391 e. The Labute approximate surface area is 114 Å². The highest BCUT2D eigenvalue weighted by Gasteiger charge is 2.31. The van der Waals surface area contributed by atoms with Crippen LogP contribution < -0.4 is 11.1 Å². The molecule has 0 aliphatic heterocycles. The van der Waals surface area contributed by atoms with Crippen LogP contribution in [0, 0.1) is 11.8 Å². The van der Waals surface area contributed by atoms with Crippen LogP contribution in [0.5, 0.6) is 0 Å². The van der Waals surface area contributed by atoms with E-state index in [1.54, 1.807) is 12.1 Å². The lowest BCUT2D eigenvalue weighted by Gasteiger charge is -2.15. The molecule has 0 saturated carbocycles. The van der Waals surface area contributed by atoms with Gasteiger partial charge in [-0.1, -0.05) is 11.8 Å². The number of carbonyl (C=O) groups is 1. The molecule has 0 bridgehead atoms. The van der Waals surface area contributed by atoms with Crippen LogP contribution in [0.25, 0.3) is 0 Å². The minimum atomic E-state index is -4.33. The van der Waals surface area contributed by atoms with E-state index >= 15 is 0 Å². The van der Waals surface area contributed by atoms with Crippen molar-refractivity contribution in [3.8, 4) is 11.8 Å². The molecule has 1 aromatic rings. The molecule has 3 N–H and O–H groups in total. The van der Waals surface area contributed by atoms with E-state index in [1.807, 2.05) is 0 Å². The van der Waals surface area contributed by atoms with Crippen molar-refractivity contribution in [2.24, 2.45) is 5.73 Å². The molecule has 1 amide bonds. The summed E-state index contributed by atoms with van der Waals surface area (Å²) in [5.74, 6) is 4.53. The Balaban J connectivity index is 2.82. The second kappa shape index (κ2) is 6.91. The van der Waals surface area contributed by atoms with Gasteiger partial charge in [0.15, 0.2) is 0 Å². The number of nitrogens with one attached hydrogen (secondary N) is 1. The summed E-state index contributed by atoms with van der Waals surface area (Å²) in [6.07, 6.45) is -4.06. The van der Waals surface area contributed by atoms with Gasteiger partial charge in [0.25, 0.3) is 5.91 Å². The van der Waals surface area contributed by atoms with Crippen molar-refractivity contribution in [1.29, 1.82) is 0 Å². The van der Waals surface area contributed by atoms with Crippen LogP contribution >= 0.6 is 0 Å². The molecule has 20 heavy (non-hydrogen) atoms. The zero-order valence-electron chi connectivity index (χ0n) is 10.8. The first-order chi connectivity index (χ1) is 9.33. The van der Waals surface area contributed by atoms with Crippen molar-refractivity contribution in [2.45, 2.75) is 25.6 Å². The van der Waals surface area contributed by atoms with E-state index in [9.17, 15) is 18.0 Å². The molecule has 0 aliphatic carbocycles. The largest absolute Gasteiger partial charge is 0.391 e. The van der Waals surface area contributed by atoms with E-state index in [2.05, 4.69) is 22.1 Å². The molecule has 1 rings (SSSR count). The number of nitrogens with two attached hydrogens (primary N) is 1. The van der Waals surface area contributed by atoms with Gasteiger partial charge in [-0.05, 0) is 19.1 Å². The lowest BCUT2D eigenvalue weighted by Crippen LogP contribution is -2.36. The lowest BCUT2D eigenvalue weighted by atomic mass is 10.1. The van der Waals surface area contributed by atoms with Crippen molar-refractivity contribution in [3.05, 3.63) is 29.6 Å². The Morgan fingerprint density at radius 3 is 2.85 bits per heavy atom. The molecule has 0 aromatic carbocycles. The van der Waals surface area contributed by atoms with Gasteiger partial charge in [-0.2, -0.15) is 13.2 Å². The number of nitrogens with zero attached hydrogens (tertiary/aromatic N) is 1. The van der Waals surface area contributed by atoms with Gasteiger partial charge < -0.3 is 11.1 Å². The molecular formula is C13H14F3N3O. The SMILES string of the molecule is CC(CC(F)(F)F)NC(=O)c1ncccc1C#CCN. The fourth-order valence-corrected chi connectivity index (χ4v) is 1.52. The van der Waals surface area contributed by atoms with Gasteiger partial charge in [-0.25, -0.2) is 4.98 Å². The second-order valence-electron chi connectivity index (χ2n) is 4.10. The zero-order valence-corrected chi connectivity index (χ0v) is 10.8. The van der Waals surface area contributed by atoms with Crippen LogP contribution in [0.1, 0.15) is 29.4 Å². The third-order valence-electron chi connectivity index (χ3n) is 2.26. The molecule has 0 radical (unpaired) electrons. The summed E-state index contributed by atoms with van der Waals surface area (Å²) in [5.41, 5.74) is 5.55. The highest BCUT2D eigenvalue weighted by Crippen LogP contribution is 2.21. The maximum absolute atomic E-state index is 12.2. The smallest absolute Gasteiger partial charge is 0.348 e. The van der Waals surface area contributed by atoms with Crippen LogP contribution in [0.4, 0.5) is 13.2 Å². The van der Waals surface area contributed by atoms with Crippen LogP contribution in [-0.4, -0.2) is 29.7 Å². The van der Waals surface area contributed by atoms with Crippen molar-refractivity contribution in [3.63, 3.8) is 0 Å². The van der Waals surface area contributed by atoms with Crippen molar-refractivity contribution in [1.82, 2.24) is 10.3 Å². The van der Waals surface area contributed by atoms with Gasteiger partial charge in [0, 0.05) is 12.2 Å². The Morgan fingerprint density at radius 1 is 1.55 bits per heavy atom. The van der Waals surface area contributed by atoms with E-state index in [0.717, 1.165) is 0 Å². The van der Waals surface area contributed by atoms with Crippen molar-refractivity contribution in [2.75, 3.05) is 6.54 Å². The fraction of sp³-hybridized carbons (Fsp3) is 0.385. The molecule has 4 nitrogen and oxygen atoms in total. The molecular weight excluding hydrogens is 271 g/mol. The minimum Gasteiger partial charge on any atom is -0.348 e. The Hall–Kier alpha value is -2.07. The Morgan fingerprint density at radius 2 is 2.25 bits per heavy atom. The lowest BCUT2D eigenvalue weighted by molar-refractivity contribution is -0.138. The third kappa shape index (κ3) is 5.28. The number of pyridine rings is 1. The molecule has 0 fully saturated rings. The summed E-state index contributed by atoms with van der Waals surface area (Å²) in [6.45, 7) is 1.39. The maximum atomic E-state index is 12.2. The van der Waals surface area contributed by atoms with Gasteiger partial charge in [0.05, 0.1) is 18.5 Å². The van der Waals surface area contributed by atoms with Gasteiger partial charge in [-0.15, -0.1) is 0 Å². The molecule has 1 unspecified atom stereocenters. The first kappa shape index (κ1) is 16.0. The average molecular weight is 285 g/mol. The first-order valence-electron chi connectivity index (χ1n) is 5.85. The Bertz CT molecular complexity index is 532. The quantitative estimate of drug-likeness (QED) is 0.826. The zero-order chi connectivity index (χ0) is 15.2. The van der Waals surface area contributed by atoms with Crippen molar-refractivity contribution >= 4 is 5.91 Å². The molecule has 1 heterocycles. The topological polar surface area (TPSA) is 68.0 Å². The fourth-order valence-electron chi connectivity index (χ4n) is 1.52. The summed E-state index contributed by atoms with van der Waals surface area (Å²) in [7, 11) is 0. The molecule has 108 valence electrons. The van der Waals surface area contributed by atoms with Gasteiger partial charge in [0.2, 0.25) is 0 Å². The molecule has 1 atom stereocenters. The predicted molar refractivity (Wildman–Crippen MR) is 67.8 cm³/mol. The molecule has 7 heteroatoms. The summed E-state index contributed by atoms with van der Waals surface area (Å²) >= 11 is 0. The van der Waals surface area contributed by atoms with E-state index in [0.29, 0.717) is 5.56 Å². The van der Waals surface area contributed by atoms with E-state index in [1.165, 1.54) is 13.1 Å². The van der Waals surface area contributed by atoms with E-state index in [4.69, 9.17) is 5.73 Å². The number of alkyl halides is 3. The summed E-state index contributed by atoms with van der Waals surface area (Å²) in [6, 6.07) is 2.09. The average Bonchev–Trinajstić information content (AvgIpc) is 2.34. The molecule has 0 saturated heterocycles. The first-order valence-corrected chi connectivity index (χ1v) is 5.85. The van der Waals surface area contributed by atoms with Crippen LogP contribution in [0.3, 0.4) is 0 Å². The molecule has 0 spiro atoms. The normalized spacial score (nSPS) is 12.2. The number of hydrogen-bond donors (Lipinski definition) is 2. The number of halogens is 3. The number of amides is 1. The summed E-state index contributed by atoms with van der Waals surface area (Å²) < 4.78 is 36.6. The number of aromatic nitrogens is 1. The monoisotopic (exact) mass is 285 g/mol. The highest BCUT2D eigenvalue weighted by molar-refractivity contribution is 5.94. The third-order valence-corrected chi connectivity index (χ3v) is 2.26. The van der Waals surface area contributed by atoms with Crippen LogP contribution in [0.15, 0.2) is 18.3 Å². The number of rotatable bonds is 3. The predicted octanol–water partition coefficient (Wildman–Crippen LogP) is 1.46. The van der Waals surface area contributed by atoms with Gasteiger partial charge >= 0.3 is 6.18 Å². The van der Waals surface area contributed by atoms with Gasteiger partial charge in [-0.3, -0.25) is 4.79 Å². The van der Waals surface area contributed by atoms with E-state index < -0.39 is 24.5 Å². The van der Waals surface area contributed by atoms with Crippen LogP contribution in [0.2, 0.25) is 0 Å². The Kier molecular flexibility index (Phi) is 5.53. The second-order valence-corrected chi connectivity index (χ2v) is 4.10. The minimum absolute atomic E-state index is 0.0116. The molecule has 1 aromatic heterocycles. The number of carbonyl (C=O) groups excluding carboxylic acids is 1. The number of hydrogen-bond acceptors (Lipinski definition) is 3. The molecule has 0 aliphatic rings. The van der Waals surface area contributed by atoms with Gasteiger partial charge in [0.1, 0.15) is 5.69 Å². The van der Waals surface area contributed by atoms with Crippen molar-refractivity contribution < 1.29 is 18.0 Å². The highest BCUT2D eigenvalue weighted by atomic mass is 19.4.